The molecule has 2 fully saturated rings. The molecule has 2 aliphatic rings. The number of amides is 1. The number of hydrogen-bond acceptors (Lipinski definition) is 4. The first-order valence-electron chi connectivity index (χ1n) is 7.72. The van der Waals surface area contributed by atoms with Crippen LogP contribution in [0.4, 0.5) is 0 Å². The second kappa shape index (κ2) is 6.45. The van der Waals surface area contributed by atoms with Crippen molar-refractivity contribution in [1.29, 1.82) is 0 Å². The molecule has 5 heteroatoms. The molecule has 2 heterocycles. The molecule has 0 aromatic heterocycles. The molecule has 114 valence electrons. The van der Waals surface area contributed by atoms with E-state index in [1.54, 1.807) is 6.07 Å². The van der Waals surface area contributed by atoms with Gasteiger partial charge in [-0.1, -0.05) is 12.1 Å². The molecule has 0 saturated carbocycles. The van der Waals surface area contributed by atoms with Crippen LogP contribution >= 0.6 is 0 Å². The lowest BCUT2D eigenvalue weighted by atomic mass is 10.1. The Morgan fingerprint density at radius 3 is 2.76 bits per heavy atom. The van der Waals surface area contributed by atoms with Crippen LogP contribution in [-0.4, -0.2) is 60.1 Å². The predicted octanol–water partition coefficient (Wildman–Crippen LogP) is 0.646. The molecule has 0 aliphatic carbocycles. The number of aromatic hydroxyl groups is 1. The summed E-state index contributed by atoms with van der Waals surface area (Å²) in [6, 6.07) is 7.40. The number of phenolic OH excluding ortho intramolecular Hbond substituents is 1. The minimum absolute atomic E-state index is 0.183. The van der Waals surface area contributed by atoms with Gasteiger partial charge in [0.1, 0.15) is 5.75 Å². The maximum absolute atomic E-state index is 12.3. The summed E-state index contributed by atoms with van der Waals surface area (Å²) in [7, 11) is 0. The van der Waals surface area contributed by atoms with E-state index in [0.29, 0.717) is 11.7 Å². The summed E-state index contributed by atoms with van der Waals surface area (Å²) in [5.41, 5.74) is 1.12. The molecule has 2 saturated heterocycles. The van der Waals surface area contributed by atoms with Gasteiger partial charge in [-0.05, 0) is 30.7 Å². The van der Waals surface area contributed by atoms with Gasteiger partial charge >= 0.3 is 0 Å². The molecule has 1 aromatic rings. The SMILES string of the molecule is O=C(C1CCNC1)N1CCN(Cc2cccc(O)c2)CC1. The standard InChI is InChI=1S/C16H23N3O2/c20-15-3-1-2-13(10-15)12-18-6-8-19(9-7-18)16(21)14-4-5-17-11-14/h1-3,10,14,17,20H,4-9,11-12H2. The van der Waals surface area contributed by atoms with Crippen LogP contribution in [-0.2, 0) is 11.3 Å². The number of benzene rings is 1. The summed E-state index contributed by atoms with van der Waals surface area (Å²) in [4.78, 5) is 16.7. The Morgan fingerprint density at radius 1 is 1.29 bits per heavy atom. The fourth-order valence-electron chi connectivity index (χ4n) is 3.16. The van der Waals surface area contributed by atoms with Crippen LogP contribution in [0.3, 0.4) is 0 Å². The van der Waals surface area contributed by atoms with Crippen molar-refractivity contribution in [3.63, 3.8) is 0 Å². The van der Waals surface area contributed by atoms with Crippen LogP contribution in [0.1, 0.15) is 12.0 Å². The number of piperazine rings is 1. The van der Waals surface area contributed by atoms with Crippen molar-refractivity contribution >= 4 is 5.91 Å². The third-order valence-electron chi connectivity index (χ3n) is 4.41. The van der Waals surface area contributed by atoms with E-state index in [1.165, 1.54) is 0 Å². The monoisotopic (exact) mass is 289 g/mol. The highest BCUT2D eigenvalue weighted by molar-refractivity contribution is 5.79. The van der Waals surface area contributed by atoms with Crippen molar-refractivity contribution in [2.45, 2.75) is 13.0 Å². The maximum Gasteiger partial charge on any atom is 0.227 e. The smallest absolute Gasteiger partial charge is 0.227 e. The molecule has 1 amide bonds. The van der Waals surface area contributed by atoms with Gasteiger partial charge in [-0.3, -0.25) is 9.69 Å². The first kappa shape index (κ1) is 14.4. The Balaban J connectivity index is 1.49. The lowest BCUT2D eigenvalue weighted by Crippen LogP contribution is -2.50. The molecule has 2 aliphatic heterocycles. The molecule has 0 radical (unpaired) electrons. The van der Waals surface area contributed by atoms with Gasteiger partial charge in [0.2, 0.25) is 5.91 Å². The van der Waals surface area contributed by atoms with Gasteiger partial charge in [0.05, 0.1) is 5.92 Å². The van der Waals surface area contributed by atoms with Gasteiger partial charge in [-0.2, -0.15) is 0 Å². The number of rotatable bonds is 3. The minimum atomic E-state index is 0.183. The van der Waals surface area contributed by atoms with E-state index in [4.69, 9.17) is 0 Å². The summed E-state index contributed by atoms with van der Waals surface area (Å²) in [5, 5.41) is 12.8. The molecule has 1 aromatic carbocycles. The van der Waals surface area contributed by atoms with Gasteiger partial charge in [0.25, 0.3) is 0 Å². The molecule has 2 N–H and O–H groups in total. The van der Waals surface area contributed by atoms with Crippen LogP contribution in [0.15, 0.2) is 24.3 Å². The molecular weight excluding hydrogens is 266 g/mol. The largest absolute Gasteiger partial charge is 0.508 e. The minimum Gasteiger partial charge on any atom is -0.508 e. The van der Waals surface area contributed by atoms with Gasteiger partial charge in [-0.25, -0.2) is 0 Å². The molecule has 3 rings (SSSR count). The van der Waals surface area contributed by atoms with E-state index in [-0.39, 0.29) is 5.92 Å². The van der Waals surface area contributed by atoms with Crippen molar-refractivity contribution < 1.29 is 9.90 Å². The molecular formula is C16H23N3O2. The quantitative estimate of drug-likeness (QED) is 0.858. The summed E-state index contributed by atoms with van der Waals surface area (Å²) in [5.74, 6) is 0.815. The van der Waals surface area contributed by atoms with Crippen LogP contribution in [0.2, 0.25) is 0 Å². The van der Waals surface area contributed by atoms with E-state index in [9.17, 15) is 9.90 Å². The summed E-state index contributed by atoms with van der Waals surface area (Å²) in [6.07, 6.45) is 0.975. The average molecular weight is 289 g/mol. The van der Waals surface area contributed by atoms with Crippen LogP contribution in [0.25, 0.3) is 0 Å². The number of carbonyl (C=O) groups is 1. The van der Waals surface area contributed by atoms with Crippen molar-refractivity contribution in [3.8, 4) is 5.75 Å². The molecule has 1 unspecified atom stereocenters. The van der Waals surface area contributed by atoms with Crippen molar-refractivity contribution in [2.75, 3.05) is 39.3 Å². The van der Waals surface area contributed by atoms with Crippen molar-refractivity contribution in [3.05, 3.63) is 29.8 Å². The second-order valence-corrected chi connectivity index (χ2v) is 5.96. The lowest BCUT2D eigenvalue weighted by Gasteiger charge is -2.36. The van der Waals surface area contributed by atoms with Crippen LogP contribution in [0.5, 0.6) is 5.75 Å². The number of hydrogen-bond donors (Lipinski definition) is 2. The van der Waals surface area contributed by atoms with Gasteiger partial charge in [-0.15, -0.1) is 0 Å². The van der Waals surface area contributed by atoms with E-state index < -0.39 is 0 Å². The first-order chi connectivity index (χ1) is 10.2. The number of nitrogens with zero attached hydrogens (tertiary/aromatic N) is 2. The van der Waals surface area contributed by atoms with Crippen LogP contribution in [0, 0.1) is 5.92 Å². The number of carbonyl (C=O) groups excluding carboxylic acids is 1. The highest BCUT2D eigenvalue weighted by atomic mass is 16.3. The zero-order valence-corrected chi connectivity index (χ0v) is 12.3. The van der Waals surface area contributed by atoms with E-state index in [1.807, 2.05) is 23.1 Å². The molecule has 0 bridgehead atoms. The lowest BCUT2D eigenvalue weighted by molar-refractivity contribution is -0.136. The number of nitrogens with one attached hydrogen (secondary N) is 1. The maximum atomic E-state index is 12.3. The average Bonchev–Trinajstić information content (AvgIpc) is 3.01. The summed E-state index contributed by atoms with van der Waals surface area (Å²) in [6.45, 7) is 6.07. The predicted molar refractivity (Wildman–Crippen MR) is 80.9 cm³/mol. The van der Waals surface area contributed by atoms with E-state index in [0.717, 1.165) is 57.8 Å². The summed E-state index contributed by atoms with van der Waals surface area (Å²) >= 11 is 0. The van der Waals surface area contributed by atoms with Crippen LogP contribution < -0.4 is 5.32 Å². The normalized spacial score (nSPS) is 23.4. The van der Waals surface area contributed by atoms with Crippen molar-refractivity contribution in [1.82, 2.24) is 15.1 Å². The highest BCUT2D eigenvalue weighted by Crippen LogP contribution is 2.16. The third kappa shape index (κ3) is 3.54. The zero-order chi connectivity index (χ0) is 14.7. The number of phenols is 1. The second-order valence-electron chi connectivity index (χ2n) is 5.96. The Hall–Kier alpha value is -1.59. The van der Waals surface area contributed by atoms with Crippen molar-refractivity contribution in [2.24, 2.45) is 5.92 Å². The Kier molecular flexibility index (Phi) is 4.41. The van der Waals surface area contributed by atoms with Gasteiger partial charge < -0.3 is 15.3 Å². The Labute approximate surface area is 125 Å². The van der Waals surface area contributed by atoms with Gasteiger partial charge in [0, 0.05) is 39.3 Å². The molecule has 5 nitrogen and oxygen atoms in total. The first-order valence-corrected chi connectivity index (χ1v) is 7.72. The fourth-order valence-corrected chi connectivity index (χ4v) is 3.16. The molecule has 1 atom stereocenters. The molecule has 0 spiro atoms. The summed E-state index contributed by atoms with van der Waals surface area (Å²) < 4.78 is 0. The molecule has 21 heavy (non-hydrogen) atoms. The van der Waals surface area contributed by atoms with E-state index >= 15 is 0 Å². The third-order valence-corrected chi connectivity index (χ3v) is 4.41. The Bertz CT molecular complexity index is 492. The Morgan fingerprint density at radius 2 is 2.10 bits per heavy atom. The zero-order valence-electron chi connectivity index (χ0n) is 12.3. The van der Waals surface area contributed by atoms with Gasteiger partial charge in [0.15, 0.2) is 0 Å². The fraction of sp³-hybridized carbons (Fsp3) is 0.562. The highest BCUT2D eigenvalue weighted by Gasteiger charge is 2.29. The van der Waals surface area contributed by atoms with E-state index in [2.05, 4.69) is 10.2 Å². The topological polar surface area (TPSA) is 55.8 Å².